The second kappa shape index (κ2) is 5.63. The normalized spacial score (nSPS) is 12.4. The molecule has 2 N–H and O–H groups in total. The van der Waals surface area contributed by atoms with Crippen LogP contribution in [0.4, 0.5) is 4.39 Å². The van der Waals surface area contributed by atoms with Gasteiger partial charge in [-0.25, -0.2) is 4.39 Å². The Balaban J connectivity index is 2.18. The molecule has 1 atom stereocenters. The molecule has 0 saturated heterocycles. The Labute approximate surface area is 115 Å². The van der Waals surface area contributed by atoms with Crippen LogP contribution in [0.2, 0.25) is 0 Å². The summed E-state index contributed by atoms with van der Waals surface area (Å²) in [6.07, 6.45) is 0.706. The van der Waals surface area contributed by atoms with Gasteiger partial charge in [-0.15, -0.1) is 0 Å². The van der Waals surface area contributed by atoms with Crippen molar-refractivity contribution < 1.29 is 4.39 Å². The molecule has 0 aliphatic carbocycles. The van der Waals surface area contributed by atoms with E-state index in [0.29, 0.717) is 6.42 Å². The highest BCUT2D eigenvalue weighted by Crippen LogP contribution is 2.21. The fourth-order valence-electron chi connectivity index (χ4n) is 2.00. The Hall–Kier alpha value is -1.19. The molecule has 0 aliphatic heterocycles. The van der Waals surface area contributed by atoms with E-state index in [-0.39, 0.29) is 11.9 Å². The predicted octanol–water partition coefficient (Wildman–Crippen LogP) is 4.14. The van der Waals surface area contributed by atoms with E-state index in [9.17, 15) is 4.39 Å². The summed E-state index contributed by atoms with van der Waals surface area (Å²) < 4.78 is 14.3. The van der Waals surface area contributed by atoms with E-state index in [2.05, 4.69) is 15.9 Å². The molecule has 0 heterocycles. The second-order valence-electron chi connectivity index (χ2n) is 4.44. The zero-order valence-electron chi connectivity index (χ0n) is 10.2. The summed E-state index contributed by atoms with van der Waals surface area (Å²) in [7, 11) is 0. The van der Waals surface area contributed by atoms with Gasteiger partial charge in [0.15, 0.2) is 0 Å². The molecule has 3 heteroatoms. The van der Waals surface area contributed by atoms with Gasteiger partial charge in [-0.05, 0) is 54.3 Å². The van der Waals surface area contributed by atoms with E-state index in [1.54, 1.807) is 6.07 Å². The van der Waals surface area contributed by atoms with E-state index >= 15 is 0 Å². The fourth-order valence-corrected chi connectivity index (χ4v) is 2.26. The van der Waals surface area contributed by atoms with E-state index < -0.39 is 0 Å². The van der Waals surface area contributed by atoms with Crippen molar-refractivity contribution in [1.29, 1.82) is 0 Å². The average Bonchev–Trinajstić information content (AvgIpc) is 2.35. The number of rotatable bonds is 3. The third-order valence-corrected chi connectivity index (χ3v) is 3.54. The second-order valence-corrected chi connectivity index (χ2v) is 5.35. The van der Waals surface area contributed by atoms with Crippen molar-refractivity contribution in [2.75, 3.05) is 0 Å². The van der Waals surface area contributed by atoms with Crippen LogP contribution in [0, 0.1) is 12.7 Å². The summed E-state index contributed by atoms with van der Waals surface area (Å²) in [6, 6.07) is 12.6. The minimum atomic E-state index is -0.234. The van der Waals surface area contributed by atoms with Crippen LogP contribution in [0.1, 0.15) is 22.7 Å². The topological polar surface area (TPSA) is 26.0 Å². The molecule has 18 heavy (non-hydrogen) atoms. The molecule has 0 radical (unpaired) electrons. The van der Waals surface area contributed by atoms with Crippen molar-refractivity contribution in [1.82, 2.24) is 0 Å². The summed E-state index contributed by atoms with van der Waals surface area (Å²) in [5, 5.41) is 0. The molecule has 0 aliphatic rings. The van der Waals surface area contributed by atoms with Crippen LogP contribution in [0.15, 0.2) is 46.9 Å². The van der Waals surface area contributed by atoms with E-state index in [1.807, 2.05) is 31.2 Å². The monoisotopic (exact) mass is 307 g/mol. The number of halogens is 2. The maximum atomic E-state index is 13.2. The van der Waals surface area contributed by atoms with E-state index in [0.717, 1.165) is 21.2 Å². The molecule has 0 saturated carbocycles. The zero-order valence-corrected chi connectivity index (χ0v) is 11.7. The van der Waals surface area contributed by atoms with Gasteiger partial charge in [0.05, 0.1) is 0 Å². The summed E-state index contributed by atoms with van der Waals surface area (Å²) >= 11 is 3.40. The van der Waals surface area contributed by atoms with Crippen LogP contribution in [0.3, 0.4) is 0 Å². The highest BCUT2D eigenvalue weighted by atomic mass is 79.9. The van der Waals surface area contributed by atoms with Crippen LogP contribution in [-0.2, 0) is 6.42 Å². The standard InChI is InChI=1S/C15H15BrFN/c1-10-2-7-13(17)9-14(10)15(18)8-11-3-5-12(16)6-4-11/h2-7,9,15H,8,18H2,1H3. The lowest BCUT2D eigenvalue weighted by molar-refractivity contribution is 0.617. The molecule has 0 bridgehead atoms. The van der Waals surface area contributed by atoms with Gasteiger partial charge in [0.2, 0.25) is 0 Å². The van der Waals surface area contributed by atoms with Gasteiger partial charge < -0.3 is 5.73 Å². The van der Waals surface area contributed by atoms with Gasteiger partial charge in [-0.3, -0.25) is 0 Å². The summed E-state index contributed by atoms with van der Waals surface area (Å²) in [5.41, 5.74) is 9.21. The Bertz CT molecular complexity index is 537. The predicted molar refractivity (Wildman–Crippen MR) is 75.9 cm³/mol. The minimum absolute atomic E-state index is 0.179. The van der Waals surface area contributed by atoms with Crippen molar-refractivity contribution in [2.45, 2.75) is 19.4 Å². The van der Waals surface area contributed by atoms with Crippen LogP contribution in [-0.4, -0.2) is 0 Å². The average molecular weight is 308 g/mol. The van der Waals surface area contributed by atoms with Crippen LogP contribution in [0.5, 0.6) is 0 Å². The lowest BCUT2D eigenvalue weighted by atomic mass is 9.96. The number of hydrogen-bond donors (Lipinski definition) is 1. The Morgan fingerprint density at radius 1 is 1.17 bits per heavy atom. The molecule has 94 valence electrons. The minimum Gasteiger partial charge on any atom is -0.324 e. The smallest absolute Gasteiger partial charge is 0.123 e. The maximum Gasteiger partial charge on any atom is 0.123 e. The molecule has 0 amide bonds. The largest absolute Gasteiger partial charge is 0.324 e. The van der Waals surface area contributed by atoms with Gasteiger partial charge >= 0.3 is 0 Å². The van der Waals surface area contributed by atoms with Crippen molar-refractivity contribution in [3.05, 3.63) is 69.4 Å². The first-order chi connectivity index (χ1) is 8.56. The number of aryl methyl sites for hydroxylation is 1. The van der Waals surface area contributed by atoms with Crippen molar-refractivity contribution in [3.63, 3.8) is 0 Å². The quantitative estimate of drug-likeness (QED) is 0.906. The molecule has 1 nitrogen and oxygen atoms in total. The van der Waals surface area contributed by atoms with Crippen LogP contribution < -0.4 is 5.73 Å². The van der Waals surface area contributed by atoms with Crippen molar-refractivity contribution >= 4 is 15.9 Å². The molecule has 1 unspecified atom stereocenters. The first-order valence-electron chi connectivity index (χ1n) is 5.82. The molecule has 0 fully saturated rings. The Morgan fingerprint density at radius 3 is 2.50 bits per heavy atom. The molecule has 2 rings (SSSR count). The van der Waals surface area contributed by atoms with Gasteiger partial charge in [-0.2, -0.15) is 0 Å². The third kappa shape index (κ3) is 3.18. The molecular formula is C15H15BrFN. The van der Waals surface area contributed by atoms with Crippen LogP contribution in [0.25, 0.3) is 0 Å². The number of benzene rings is 2. The summed E-state index contributed by atoms with van der Waals surface area (Å²) in [4.78, 5) is 0. The lowest BCUT2D eigenvalue weighted by Gasteiger charge is -2.15. The van der Waals surface area contributed by atoms with Gasteiger partial charge in [0, 0.05) is 10.5 Å². The van der Waals surface area contributed by atoms with Gasteiger partial charge in [-0.1, -0.05) is 34.1 Å². The first kappa shape index (κ1) is 13.2. The van der Waals surface area contributed by atoms with E-state index in [4.69, 9.17) is 5.73 Å². The summed E-state index contributed by atoms with van der Waals surface area (Å²) in [5.74, 6) is -0.234. The zero-order chi connectivity index (χ0) is 13.1. The molecule has 2 aromatic rings. The Morgan fingerprint density at radius 2 is 1.83 bits per heavy atom. The molecule has 2 aromatic carbocycles. The maximum absolute atomic E-state index is 13.2. The fraction of sp³-hybridized carbons (Fsp3) is 0.200. The summed E-state index contributed by atoms with van der Waals surface area (Å²) in [6.45, 7) is 1.95. The highest BCUT2D eigenvalue weighted by molar-refractivity contribution is 9.10. The third-order valence-electron chi connectivity index (χ3n) is 3.01. The number of hydrogen-bond acceptors (Lipinski definition) is 1. The molecule has 0 aromatic heterocycles. The van der Waals surface area contributed by atoms with Crippen LogP contribution >= 0.6 is 15.9 Å². The first-order valence-corrected chi connectivity index (χ1v) is 6.61. The van der Waals surface area contributed by atoms with Gasteiger partial charge in [0.1, 0.15) is 5.82 Å². The van der Waals surface area contributed by atoms with E-state index in [1.165, 1.54) is 12.1 Å². The Kier molecular flexibility index (Phi) is 4.15. The van der Waals surface area contributed by atoms with Crippen molar-refractivity contribution in [2.24, 2.45) is 5.73 Å². The molecule has 0 spiro atoms. The number of nitrogens with two attached hydrogens (primary N) is 1. The highest BCUT2D eigenvalue weighted by Gasteiger charge is 2.10. The molecular weight excluding hydrogens is 293 g/mol. The lowest BCUT2D eigenvalue weighted by Crippen LogP contribution is -2.15. The van der Waals surface area contributed by atoms with Crippen molar-refractivity contribution in [3.8, 4) is 0 Å². The van der Waals surface area contributed by atoms with Gasteiger partial charge in [0.25, 0.3) is 0 Å². The SMILES string of the molecule is Cc1ccc(F)cc1C(N)Cc1ccc(Br)cc1.